The van der Waals surface area contributed by atoms with Crippen LogP contribution in [0.3, 0.4) is 0 Å². The topological polar surface area (TPSA) is 105 Å². The molecule has 0 spiro atoms. The molecule has 0 aromatic carbocycles. The van der Waals surface area contributed by atoms with Crippen LogP contribution >= 0.6 is 0 Å². The quantitative estimate of drug-likeness (QED) is 0.595. The van der Waals surface area contributed by atoms with Gasteiger partial charge in [-0.05, 0) is 18.8 Å². The number of amides is 4. The number of imide groups is 1. The zero-order valence-corrected chi connectivity index (χ0v) is 11.6. The van der Waals surface area contributed by atoms with E-state index in [1.807, 2.05) is 0 Å². The van der Waals surface area contributed by atoms with Gasteiger partial charge in [-0.15, -0.1) is 0 Å². The third-order valence-corrected chi connectivity index (χ3v) is 4.02. The second-order valence-corrected chi connectivity index (χ2v) is 5.52. The molecule has 2 fully saturated rings. The summed E-state index contributed by atoms with van der Waals surface area (Å²) in [4.78, 5) is 35.6. The molecular formula is C13H22N4O3. The Morgan fingerprint density at radius 1 is 1.35 bits per heavy atom. The molecule has 7 nitrogen and oxygen atoms in total. The standard InChI is InChI=1S/C13H22N4O3/c14-6-10(9-4-2-1-3-5-9)15-11(18)7-17-8-12(19)16-13(17)20/h9-10H,1-8,14H2,(H,15,18)(H,16,19,20). The molecule has 112 valence electrons. The predicted molar refractivity (Wildman–Crippen MR) is 72.7 cm³/mol. The fraction of sp³-hybridized carbons (Fsp3) is 0.769. The minimum atomic E-state index is -0.507. The number of carbonyl (C=O) groups excluding carboxylic acids is 3. The molecule has 1 unspecified atom stereocenters. The molecule has 1 aliphatic carbocycles. The van der Waals surface area contributed by atoms with Crippen molar-refractivity contribution in [3.63, 3.8) is 0 Å². The van der Waals surface area contributed by atoms with Crippen LogP contribution in [0.15, 0.2) is 0 Å². The zero-order valence-electron chi connectivity index (χ0n) is 11.6. The minimum Gasteiger partial charge on any atom is -0.350 e. The van der Waals surface area contributed by atoms with E-state index in [9.17, 15) is 14.4 Å². The molecule has 1 heterocycles. The van der Waals surface area contributed by atoms with Crippen LogP contribution in [0.4, 0.5) is 4.79 Å². The van der Waals surface area contributed by atoms with Gasteiger partial charge < -0.3 is 16.0 Å². The Balaban J connectivity index is 1.82. The second-order valence-electron chi connectivity index (χ2n) is 5.52. The lowest BCUT2D eigenvalue weighted by molar-refractivity contribution is -0.123. The third-order valence-electron chi connectivity index (χ3n) is 4.02. The first kappa shape index (κ1) is 14.8. The van der Waals surface area contributed by atoms with E-state index in [2.05, 4.69) is 10.6 Å². The summed E-state index contributed by atoms with van der Waals surface area (Å²) in [6.07, 6.45) is 5.79. The van der Waals surface area contributed by atoms with Gasteiger partial charge in [0.05, 0.1) is 0 Å². The van der Waals surface area contributed by atoms with Crippen LogP contribution in [0.2, 0.25) is 0 Å². The van der Waals surface area contributed by atoms with Gasteiger partial charge in [-0.25, -0.2) is 4.79 Å². The monoisotopic (exact) mass is 282 g/mol. The zero-order chi connectivity index (χ0) is 14.5. The molecule has 4 amide bonds. The number of carbonyl (C=O) groups is 3. The molecular weight excluding hydrogens is 260 g/mol. The van der Waals surface area contributed by atoms with Crippen LogP contribution in [0.1, 0.15) is 32.1 Å². The van der Waals surface area contributed by atoms with E-state index in [0.29, 0.717) is 12.5 Å². The SMILES string of the molecule is NCC(NC(=O)CN1CC(=O)NC1=O)C1CCCCC1. The van der Waals surface area contributed by atoms with Crippen LogP contribution < -0.4 is 16.4 Å². The van der Waals surface area contributed by atoms with Crippen LogP contribution in [-0.4, -0.2) is 48.4 Å². The summed E-state index contributed by atoms with van der Waals surface area (Å²) in [5.74, 6) is -0.201. The first-order chi connectivity index (χ1) is 9.60. The number of rotatable bonds is 5. The molecule has 1 saturated carbocycles. The number of hydrogen-bond acceptors (Lipinski definition) is 4. The summed E-state index contributed by atoms with van der Waals surface area (Å²) in [5, 5.41) is 5.05. The van der Waals surface area contributed by atoms with Crippen molar-refractivity contribution in [2.45, 2.75) is 38.1 Å². The summed E-state index contributed by atoms with van der Waals surface area (Å²) in [7, 11) is 0. The number of urea groups is 1. The molecule has 0 bridgehead atoms. The van der Waals surface area contributed by atoms with E-state index in [1.165, 1.54) is 24.2 Å². The van der Waals surface area contributed by atoms with Crippen LogP contribution in [0.25, 0.3) is 0 Å². The maximum Gasteiger partial charge on any atom is 0.325 e. The highest BCUT2D eigenvalue weighted by molar-refractivity contribution is 6.03. The minimum absolute atomic E-state index is 0.0378. The first-order valence-corrected chi connectivity index (χ1v) is 7.18. The van der Waals surface area contributed by atoms with Gasteiger partial charge in [-0.3, -0.25) is 14.9 Å². The first-order valence-electron chi connectivity index (χ1n) is 7.18. The summed E-state index contributed by atoms with van der Waals surface area (Å²) in [6.45, 7) is 0.255. The van der Waals surface area contributed by atoms with Gasteiger partial charge >= 0.3 is 6.03 Å². The average Bonchev–Trinajstić information content (AvgIpc) is 2.75. The Kier molecular flexibility index (Phi) is 4.94. The number of nitrogens with two attached hydrogens (primary N) is 1. The fourth-order valence-corrected chi connectivity index (χ4v) is 2.94. The van der Waals surface area contributed by atoms with E-state index >= 15 is 0 Å². The van der Waals surface area contributed by atoms with Crippen molar-refractivity contribution < 1.29 is 14.4 Å². The van der Waals surface area contributed by atoms with Gasteiger partial charge in [0.25, 0.3) is 0 Å². The van der Waals surface area contributed by atoms with Crippen molar-refractivity contribution in [2.24, 2.45) is 11.7 Å². The van der Waals surface area contributed by atoms with Crippen LogP contribution in [0.5, 0.6) is 0 Å². The van der Waals surface area contributed by atoms with Gasteiger partial charge in [0.2, 0.25) is 11.8 Å². The molecule has 20 heavy (non-hydrogen) atoms. The van der Waals surface area contributed by atoms with E-state index in [4.69, 9.17) is 5.73 Å². The number of hydrogen-bond donors (Lipinski definition) is 3. The highest BCUT2D eigenvalue weighted by atomic mass is 16.2. The van der Waals surface area contributed by atoms with E-state index in [0.717, 1.165) is 12.8 Å². The average molecular weight is 282 g/mol. The van der Waals surface area contributed by atoms with Crippen molar-refractivity contribution in [3.05, 3.63) is 0 Å². The maximum absolute atomic E-state index is 12.0. The third kappa shape index (κ3) is 3.69. The lowest BCUT2D eigenvalue weighted by atomic mass is 9.84. The van der Waals surface area contributed by atoms with Crippen molar-refractivity contribution in [1.29, 1.82) is 0 Å². The summed E-state index contributed by atoms with van der Waals surface area (Å²) in [5.41, 5.74) is 5.75. The lowest BCUT2D eigenvalue weighted by Gasteiger charge is -2.30. The fourth-order valence-electron chi connectivity index (χ4n) is 2.94. The maximum atomic E-state index is 12.0. The molecule has 4 N–H and O–H groups in total. The Morgan fingerprint density at radius 2 is 2.05 bits per heavy atom. The highest BCUT2D eigenvalue weighted by Gasteiger charge is 2.30. The highest BCUT2D eigenvalue weighted by Crippen LogP contribution is 2.26. The Labute approximate surface area is 118 Å². The van der Waals surface area contributed by atoms with Gasteiger partial charge in [0.1, 0.15) is 13.1 Å². The van der Waals surface area contributed by atoms with Gasteiger partial charge in [-0.1, -0.05) is 19.3 Å². The summed E-state index contributed by atoms with van der Waals surface area (Å²) in [6, 6.07) is -0.545. The Hall–Kier alpha value is -1.63. The molecule has 0 radical (unpaired) electrons. The molecule has 7 heteroatoms. The molecule has 0 aromatic rings. The molecule has 0 aromatic heterocycles. The molecule has 2 rings (SSSR count). The Morgan fingerprint density at radius 3 is 2.60 bits per heavy atom. The van der Waals surface area contributed by atoms with Gasteiger partial charge in [-0.2, -0.15) is 0 Å². The second kappa shape index (κ2) is 6.69. The van der Waals surface area contributed by atoms with Crippen molar-refractivity contribution in [3.8, 4) is 0 Å². The largest absolute Gasteiger partial charge is 0.350 e. The van der Waals surface area contributed by atoms with Gasteiger partial charge in [0, 0.05) is 12.6 Å². The molecule has 1 atom stereocenters. The molecule has 2 aliphatic rings. The van der Waals surface area contributed by atoms with E-state index in [1.54, 1.807) is 0 Å². The van der Waals surface area contributed by atoms with Gasteiger partial charge in [0.15, 0.2) is 0 Å². The van der Waals surface area contributed by atoms with E-state index < -0.39 is 6.03 Å². The molecule has 1 aliphatic heterocycles. The lowest BCUT2D eigenvalue weighted by Crippen LogP contribution is -2.49. The van der Waals surface area contributed by atoms with Crippen molar-refractivity contribution >= 4 is 17.8 Å². The summed E-state index contributed by atoms with van der Waals surface area (Å²) >= 11 is 0. The van der Waals surface area contributed by atoms with Crippen molar-refractivity contribution in [1.82, 2.24) is 15.5 Å². The van der Waals surface area contributed by atoms with E-state index in [-0.39, 0.29) is 30.9 Å². The number of nitrogens with zero attached hydrogens (tertiary/aromatic N) is 1. The normalized spacial score (nSPS) is 21.8. The number of nitrogens with one attached hydrogen (secondary N) is 2. The molecule has 1 saturated heterocycles. The van der Waals surface area contributed by atoms with Crippen molar-refractivity contribution in [2.75, 3.05) is 19.6 Å². The smallest absolute Gasteiger partial charge is 0.325 e. The predicted octanol–water partition coefficient (Wildman–Crippen LogP) is -0.438. The van der Waals surface area contributed by atoms with Crippen LogP contribution in [0, 0.1) is 5.92 Å². The summed E-state index contributed by atoms with van der Waals surface area (Å²) < 4.78 is 0. The Bertz CT molecular complexity index is 393. The van der Waals surface area contributed by atoms with Crippen LogP contribution in [-0.2, 0) is 9.59 Å².